The fourth-order valence-corrected chi connectivity index (χ4v) is 2.27. The van der Waals surface area contributed by atoms with Crippen molar-refractivity contribution in [3.05, 3.63) is 52.9 Å². The molecule has 0 aliphatic carbocycles. The number of nitrogens with zero attached hydrogens (tertiary/aromatic N) is 3. The second-order valence-corrected chi connectivity index (χ2v) is 4.91. The lowest BCUT2D eigenvalue weighted by atomic mass is 10.2. The predicted octanol–water partition coefficient (Wildman–Crippen LogP) is 3.53. The Bertz CT molecular complexity index is 727. The maximum absolute atomic E-state index is 6.02. The highest BCUT2D eigenvalue weighted by molar-refractivity contribution is 6.30. The summed E-state index contributed by atoms with van der Waals surface area (Å²) < 4.78 is 1.87. The number of nitrogens with one attached hydrogen (secondary N) is 1. The van der Waals surface area contributed by atoms with Crippen molar-refractivity contribution in [3.8, 4) is 16.9 Å². The molecule has 0 saturated heterocycles. The Morgan fingerprint density at radius 3 is 2.74 bits per heavy atom. The first-order valence-electron chi connectivity index (χ1n) is 5.98. The number of H-pyrrole nitrogens is 1. The standard InChI is InChI=1S/C14H13ClN4/c1-9-6-14(18-17-9)13-8-16-19(10(13)2)12-5-3-4-11(15)7-12/h3-8H,1-2H3,(H,17,18). The number of benzene rings is 1. The van der Waals surface area contributed by atoms with Crippen LogP contribution in [0.2, 0.25) is 5.02 Å². The largest absolute Gasteiger partial charge is 0.282 e. The molecule has 0 aliphatic rings. The Labute approximate surface area is 116 Å². The van der Waals surface area contributed by atoms with Crippen LogP contribution in [0.5, 0.6) is 0 Å². The molecule has 0 fully saturated rings. The molecule has 3 rings (SSSR count). The molecule has 0 aliphatic heterocycles. The number of hydrogen-bond donors (Lipinski definition) is 1. The fraction of sp³-hybridized carbons (Fsp3) is 0.143. The molecule has 2 aromatic heterocycles. The molecule has 0 atom stereocenters. The molecule has 0 bridgehead atoms. The van der Waals surface area contributed by atoms with Gasteiger partial charge in [-0.3, -0.25) is 5.10 Å². The lowest BCUT2D eigenvalue weighted by Gasteiger charge is -2.05. The van der Waals surface area contributed by atoms with E-state index in [1.807, 2.05) is 55.1 Å². The summed E-state index contributed by atoms with van der Waals surface area (Å²) in [7, 11) is 0. The minimum absolute atomic E-state index is 0.699. The van der Waals surface area contributed by atoms with E-state index in [0.29, 0.717) is 5.02 Å². The van der Waals surface area contributed by atoms with E-state index in [4.69, 9.17) is 11.6 Å². The molecule has 0 amide bonds. The molecule has 1 aromatic carbocycles. The summed E-state index contributed by atoms with van der Waals surface area (Å²) in [5, 5.41) is 12.3. The van der Waals surface area contributed by atoms with E-state index in [-0.39, 0.29) is 0 Å². The smallest absolute Gasteiger partial charge is 0.0957 e. The van der Waals surface area contributed by atoms with Crippen LogP contribution in [0.15, 0.2) is 36.5 Å². The molecule has 5 heteroatoms. The number of aryl methyl sites for hydroxylation is 1. The second kappa shape index (κ2) is 4.55. The summed E-state index contributed by atoms with van der Waals surface area (Å²) >= 11 is 6.02. The van der Waals surface area contributed by atoms with Gasteiger partial charge >= 0.3 is 0 Å². The van der Waals surface area contributed by atoms with Gasteiger partial charge in [-0.15, -0.1) is 0 Å². The van der Waals surface area contributed by atoms with Gasteiger partial charge in [0.2, 0.25) is 0 Å². The Balaban J connectivity index is 2.08. The molecule has 3 aromatic rings. The van der Waals surface area contributed by atoms with Gasteiger partial charge in [-0.25, -0.2) is 4.68 Å². The molecule has 96 valence electrons. The van der Waals surface area contributed by atoms with Crippen LogP contribution >= 0.6 is 11.6 Å². The van der Waals surface area contributed by atoms with Gasteiger partial charge in [0.1, 0.15) is 0 Å². The highest BCUT2D eigenvalue weighted by Gasteiger charge is 2.12. The van der Waals surface area contributed by atoms with Crippen LogP contribution in [0.1, 0.15) is 11.4 Å². The summed E-state index contributed by atoms with van der Waals surface area (Å²) in [6.07, 6.45) is 1.83. The van der Waals surface area contributed by atoms with Crippen molar-refractivity contribution in [2.45, 2.75) is 13.8 Å². The van der Waals surface area contributed by atoms with Crippen LogP contribution in [0.3, 0.4) is 0 Å². The van der Waals surface area contributed by atoms with Gasteiger partial charge in [0.05, 0.1) is 23.3 Å². The van der Waals surface area contributed by atoms with Crippen molar-refractivity contribution < 1.29 is 0 Å². The first kappa shape index (κ1) is 12.0. The lowest BCUT2D eigenvalue weighted by molar-refractivity contribution is 0.847. The van der Waals surface area contributed by atoms with Gasteiger partial charge in [0.15, 0.2) is 0 Å². The van der Waals surface area contributed by atoms with Crippen LogP contribution in [0.25, 0.3) is 16.9 Å². The minimum Gasteiger partial charge on any atom is -0.282 e. The highest BCUT2D eigenvalue weighted by Crippen LogP contribution is 2.24. The summed E-state index contributed by atoms with van der Waals surface area (Å²) in [6, 6.07) is 9.64. The van der Waals surface area contributed by atoms with Crippen LogP contribution < -0.4 is 0 Å². The maximum atomic E-state index is 6.02. The summed E-state index contributed by atoms with van der Waals surface area (Å²) in [6.45, 7) is 4.00. The van der Waals surface area contributed by atoms with Gasteiger partial charge in [-0.2, -0.15) is 10.2 Å². The minimum atomic E-state index is 0.699. The average Bonchev–Trinajstić information content (AvgIpc) is 2.95. The molecular weight excluding hydrogens is 260 g/mol. The van der Waals surface area contributed by atoms with Crippen LogP contribution in [0, 0.1) is 13.8 Å². The van der Waals surface area contributed by atoms with Gasteiger partial charge in [-0.1, -0.05) is 17.7 Å². The van der Waals surface area contributed by atoms with Gasteiger partial charge in [0.25, 0.3) is 0 Å². The topological polar surface area (TPSA) is 46.5 Å². The SMILES string of the molecule is Cc1cc(-c2cnn(-c3cccc(Cl)c3)c2C)n[nH]1. The molecule has 19 heavy (non-hydrogen) atoms. The normalized spacial score (nSPS) is 10.9. The zero-order chi connectivity index (χ0) is 13.4. The number of hydrogen-bond acceptors (Lipinski definition) is 2. The fourth-order valence-electron chi connectivity index (χ4n) is 2.09. The van der Waals surface area contributed by atoms with E-state index in [9.17, 15) is 0 Å². The van der Waals surface area contributed by atoms with Crippen LogP contribution in [-0.2, 0) is 0 Å². The summed E-state index contributed by atoms with van der Waals surface area (Å²) in [5.74, 6) is 0. The van der Waals surface area contributed by atoms with Gasteiger partial charge in [0, 0.05) is 16.3 Å². The third kappa shape index (κ3) is 2.15. The third-order valence-corrected chi connectivity index (χ3v) is 3.28. The van der Waals surface area contributed by atoms with Gasteiger partial charge < -0.3 is 0 Å². The molecule has 0 unspecified atom stereocenters. The first-order valence-corrected chi connectivity index (χ1v) is 6.36. The molecule has 4 nitrogen and oxygen atoms in total. The number of aromatic nitrogens is 4. The Hall–Kier alpha value is -2.07. The predicted molar refractivity (Wildman–Crippen MR) is 75.6 cm³/mol. The molecule has 0 radical (unpaired) electrons. The Kier molecular flexibility index (Phi) is 2.87. The van der Waals surface area contributed by atoms with E-state index in [1.165, 1.54) is 0 Å². The van der Waals surface area contributed by atoms with E-state index in [2.05, 4.69) is 15.3 Å². The zero-order valence-electron chi connectivity index (χ0n) is 10.7. The van der Waals surface area contributed by atoms with Crippen LogP contribution in [-0.4, -0.2) is 20.0 Å². The van der Waals surface area contributed by atoms with Gasteiger partial charge in [-0.05, 0) is 38.1 Å². The average molecular weight is 273 g/mol. The van der Waals surface area contributed by atoms with Crippen LogP contribution in [0.4, 0.5) is 0 Å². The van der Waals surface area contributed by atoms with E-state index in [1.54, 1.807) is 0 Å². The lowest BCUT2D eigenvalue weighted by Crippen LogP contribution is -1.98. The van der Waals surface area contributed by atoms with Crippen molar-refractivity contribution in [3.63, 3.8) is 0 Å². The molecule has 0 spiro atoms. The van der Waals surface area contributed by atoms with Crippen molar-refractivity contribution in [1.29, 1.82) is 0 Å². The van der Waals surface area contributed by atoms with Crippen molar-refractivity contribution >= 4 is 11.6 Å². The second-order valence-electron chi connectivity index (χ2n) is 4.47. The third-order valence-electron chi connectivity index (χ3n) is 3.04. The monoisotopic (exact) mass is 272 g/mol. The molecule has 0 saturated carbocycles. The Morgan fingerprint density at radius 2 is 2.05 bits per heavy atom. The number of rotatable bonds is 2. The van der Waals surface area contributed by atoms with E-state index >= 15 is 0 Å². The van der Waals surface area contributed by atoms with Crippen molar-refractivity contribution in [1.82, 2.24) is 20.0 Å². The molecular formula is C14H13ClN4. The van der Waals surface area contributed by atoms with Crippen molar-refractivity contribution in [2.75, 3.05) is 0 Å². The van der Waals surface area contributed by atoms with E-state index in [0.717, 1.165) is 28.3 Å². The zero-order valence-corrected chi connectivity index (χ0v) is 11.4. The molecule has 2 heterocycles. The number of aromatic amines is 1. The maximum Gasteiger partial charge on any atom is 0.0957 e. The number of halogens is 1. The van der Waals surface area contributed by atoms with E-state index < -0.39 is 0 Å². The highest BCUT2D eigenvalue weighted by atomic mass is 35.5. The van der Waals surface area contributed by atoms with Crippen molar-refractivity contribution in [2.24, 2.45) is 0 Å². The first-order chi connectivity index (χ1) is 9.15. The quantitative estimate of drug-likeness (QED) is 0.776. The summed E-state index contributed by atoms with van der Waals surface area (Å²) in [5.41, 5.74) is 4.94. The summed E-state index contributed by atoms with van der Waals surface area (Å²) in [4.78, 5) is 0. The Morgan fingerprint density at radius 1 is 1.21 bits per heavy atom. The molecule has 1 N–H and O–H groups in total.